The van der Waals surface area contributed by atoms with Gasteiger partial charge in [0.1, 0.15) is 5.75 Å². The van der Waals surface area contributed by atoms with Gasteiger partial charge in [0.2, 0.25) is 5.95 Å². The van der Waals surface area contributed by atoms with Gasteiger partial charge >= 0.3 is 0 Å². The van der Waals surface area contributed by atoms with Gasteiger partial charge in [-0.1, -0.05) is 6.07 Å². The minimum Gasteiger partial charge on any atom is -0.496 e. The molecule has 1 saturated heterocycles. The number of amides is 1. The van der Waals surface area contributed by atoms with Gasteiger partial charge in [0.05, 0.1) is 7.11 Å². The summed E-state index contributed by atoms with van der Waals surface area (Å²) in [4.78, 5) is 25.8. The lowest BCUT2D eigenvalue weighted by atomic mass is 10.1. The Hall–Kier alpha value is -2.63. The van der Waals surface area contributed by atoms with Gasteiger partial charge < -0.3 is 14.5 Å². The molecule has 2 heterocycles. The highest BCUT2D eigenvalue weighted by Gasteiger charge is 2.22. The first kappa shape index (κ1) is 17.2. The van der Waals surface area contributed by atoms with E-state index in [1.54, 1.807) is 13.3 Å². The van der Waals surface area contributed by atoms with Crippen molar-refractivity contribution in [3.8, 4) is 5.75 Å². The molecule has 1 amide bonds. The summed E-state index contributed by atoms with van der Waals surface area (Å²) >= 11 is 0. The summed E-state index contributed by atoms with van der Waals surface area (Å²) in [5.74, 6) is 1.53. The Bertz CT molecular complexity index is 763. The van der Waals surface area contributed by atoms with Crippen LogP contribution in [0.4, 0.5) is 5.95 Å². The van der Waals surface area contributed by atoms with Crippen LogP contribution in [0.15, 0.2) is 30.5 Å². The monoisotopic (exact) mass is 340 g/mol. The second-order valence-corrected chi connectivity index (χ2v) is 6.32. The molecule has 0 saturated carbocycles. The summed E-state index contributed by atoms with van der Waals surface area (Å²) in [7, 11) is 1.63. The number of carbonyl (C=O) groups excluding carboxylic acids is 1. The molecular formula is C19H24N4O2. The second kappa shape index (κ2) is 7.51. The van der Waals surface area contributed by atoms with E-state index in [0.717, 1.165) is 49.0 Å². The van der Waals surface area contributed by atoms with Gasteiger partial charge in [0.25, 0.3) is 5.91 Å². The molecule has 6 heteroatoms. The number of aryl methyl sites for hydroxylation is 2. The fraction of sp³-hybridized carbons (Fsp3) is 0.421. The quantitative estimate of drug-likeness (QED) is 0.859. The van der Waals surface area contributed by atoms with Gasteiger partial charge in [-0.05, 0) is 44.0 Å². The predicted octanol–water partition coefficient (Wildman–Crippen LogP) is 2.45. The summed E-state index contributed by atoms with van der Waals surface area (Å²) in [6.45, 7) is 6.91. The molecule has 0 radical (unpaired) electrons. The van der Waals surface area contributed by atoms with Crippen molar-refractivity contribution < 1.29 is 9.53 Å². The minimum absolute atomic E-state index is 0.0466. The van der Waals surface area contributed by atoms with Gasteiger partial charge in [-0.25, -0.2) is 9.97 Å². The van der Waals surface area contributed by atoms with Crippen molar-refractivity contribution >= 4 is 11.9 Å². The number of nitrogens with zero attached hydrogens (tertiary/aromatic N) is 4. The Labute approximate surface area is 148 Å². The first-order valence-electron chi connectivity index (χ1n) is 8.57. The first-order chi connectivity index (χ1) is 12.1. The van der Waals surface area contributed by atoms with E-state index in [1.165, 1.54) is 0 Å². The molecule has 0 N–H and O–H groups in total. The third-order valence-electron chi connectivity index (χ3n) is 4.50. The molecule has 1 aliphatic heterocycles. The maximum absolute atomic E-state index is 12.8. The maximum Gasteiger partial charge on any atom is 0.254 e. The zero-order chi connectivity index (χ0) is 17.8. The van der Waals surface area contributed by atoms with Crippen LogP contribution in [0.5, 0.6) is 5.75 Å². The van der Waals surface area contributed by atoms with E-state index in [0.29, 0.717) is 12.1 Å². The Kier molecular flexibility index (Phi) is 5.16. The predicted molar refractivity (Wildman–Crippen MR) is 97.2 cm³/mol. The molecule has 3 rings (SSSR count). The first-order valence-corrected chi connectivity index (χ1v) is 8.57. The standard InChI is InChI=1S/C19H24N4O2/c1-14-5-6-16(13-17(14)25-3)18(24)22-9-4-10-23(12-11-22)19-20-8-7-15(2)21-19/h5-8,13H,4,9-12H2,1-3H3. The summed E-state index contributed by atoms with van der Waals surface area (Å²) in [5.41, 5.74) is 2.65. The van der Waals surface area contributed by atoms with Crippen LogP contribution in [-0.4, -0.2) is 54.1 Å². The number of ether oxygens (including phenoxy) is 1. The molecule has 0 spiro atoms. The third-order valence-corrected chi connectivity index (χ3v) is 4.50. The lowest BCUT2D eigenvalue weighted by molar-refractivity contribution is 0.0766. The number of hydrogen-bond donors (Lipinski definition) is 0. The van der Waals surface area contributed by atoms with Crippen LogP contribution in [0.3, 0.4) is 0 Å². The summed E-state index contributed by atoms with van der Waals surface area (Å²) < 4.78 is 5.34. The molecule has 6 nitrogen and oxygen atoms in total. The lowest BCUT2D eigenvalue weighted by Crippen LogP contribution is -2.35. The molecule has 0 bridgehead atoms. The van der Waals surface area contributed by atoms with Gasteiger partial charge in [-0.2, -0.15) is 0 Å². The van der Waals surface area contributed by atoms with Crippen molar-refractivity contribution in [1.82, 2.24) is 14.9 Å². The van der Waals surface area contributed by atoms with E-state index in [-0.39, 0.29) is 5.91 Å². The average molecular weight is 340 g/mol. The lowest BCUT2D eigenvalue weighted by Gasteiger charge is -2.22. The van der Waals surface area contributed by atoms with Crippen molar-refractivity contribution in [1.29, 1.82) is 0 Å². The molecule has 1 aromatic heterocycles. The number of carbonyl (C=O) groups is 1. The topological polar surface area (TPSA) is 58.6 Å². The van der Waals surface area contributed by atoms with Gasteiger partial charge in [-0.3, -0.25) is 4.79 Å². The Morgan fingerprint density at radius 2 is 1.96 bits per heavy atom. The maximum atomic E-state index is 12.8. The van der Waals surface area contributed by atoms with E-state index >= 15 is 0 Å². The smallest absolute Gasteiger partial charge is 0.254 e. The Morgan fingerprint density at radius 3 is 2.72 bits per heavy atom. The highest BCUT2D eigenvalue weighted by atomic mass is 16.5. The molecule has 1 fully saturated rings. The number of methoxy groups -OCH3 is 1. The van der Waals surface area contributed by atoms with E-state index in [4.69, 9.17) is 4.74 Å². The second-order valence-electron chi connectivity index (χ2n) is 6.32. The van der Waals surface area contributed by atoms with Crippen LogP contribution < -0.4 is 9.64 Å². The summed E-state index contributed by atoms with van der Waals surface area (Å²) in [6, 6.07) is 7.51. The summed E-state index contributed by atoms with van der Waals surface area (Å²) in [6.07, 6.45) is 2.68. The molecule has 1 aromatic carbocycles. The van der Waals surface area contributed by atoms with Crippen molar-refractivity contribution in [3.63, 3.8) is 0 Å². The number of aromatic nitrogens is 2. The fourth-order valence-electron chi connectivity index (χ4n) is 3.04. The third kappa shape index (κ3) is 3.90. The van der Waals surface area contributed by atoms with Crippen LogP contribution in [0.2, 0.25) is 0 Å². The van der Waals surface area contributed by atoms with E-state index in [1.807, 2.05) is 43.0 Å². The Balaban J connectivity index is 1.71. The van der Waals surface area contributed by atoms with Crippen molar-refractivity contribution in [2.45, 2.75) is 20.3 Å². The molecule has 25 heavy (non-hydrogen) atoms. The Morgan fingerprint density at radius 1 is 1.12 bits per heavy atom. The summed E-state index contributed by atoms with van der Waals surface area (Å²) in [5, 5.41) is 0. The average Bonchev–Trinajstić information content (AvgIpc) is 2.88. The zero-order valence-corrected chi connectivity index (χ0v) is 15.0. The van der Waals surface area contributed by atoms with E-state index in [2.05, 4.69) is 14.9 Å². The molecule has 0 aliphatic carbocycles. The highest BCUT2D eigenvalue weighted by molar-refractivity contribution is 5.94. The molecule has 0 atom stereocenters. The van der Waals surface area contributed by atoms with Crippen molar-refractivity contribution in [3.05, 3.63) is 47.3 Å². The normalized spacial score (nSPS) is 15.0. The number of hydrogen-bond acceptors (Lipinski definition) is 5. The van der Waals surface area contributed by atoms with Crippen LogP contribution in [0.1, 0.15) is 28.0 Å². The highest BCUT2D eigenvalue weighted by Crippen LogP contribution is 2.21. The fourth-order valence-corrected chi connectivity index (χ4v) is 3.04. The number of benzene rings is 1. The molecule has 0 unspecified atom stereocenters. The minimum atomic E-state index is 0.0466. The van der Waals surface area contributed by atoms with Crippen LogP contribution in [0.25, 0.3) is 0 Å². The van der Waals surface area contributed by atoms with E-state index in [9.17, 15) is 4.79 Å². The molecule has 2 aromatic rings. The SMILES string of the molecule is COc1cc(C(=O)N2CCCN(c3nccc(C)n3)CC2)ccc1C. The van der Waals surface area contributed by atoms with Crippen molar-refractivity contribution in [2.24, 2.45) is 0 Å². The largest absolute Gasteiger partial charge is 0.496 e. The van der Waals surface area contributed by atoms with Gasteiger partial charge in [0.15, 0.2) is 0 Å². The molecule has 132 valence electrons. The van der Waals surface area contributed by atoms with Gasteiger partial charge in [0, 0.05) is 43.6 Å². The van der Waals surface area contributed by atoms with Crippen LogP contribution in [-0.2, 0) is 0 Å². The van der Waals surface area contributed by atoms with Crippen LogP contribution in [0, 0.1) is 13.8 Å². The van der Waals surface area contributed by atoms with Crippen LogP contribution >= 0.6 is 0 Å². The van der Waals surface area contributed by atoms with Gasteiger partial charge in [-0.15, -0.1) is 0 Å². The van der Waals surface area contributed by atoms with Crippen molar-refractivity contribution in [2.75, 3.05) is 38.2 Å². The molecule has 1 aliphatic rings. The number of rotatable bonds is 3. The molecular weight excluding hydrogens is 316 g/mol. The van der Waals surface area contributed by atoms with E-state index < -0.39 is 0 Å². The number of anilines is 1. The zero-order valence-electron chi connectivity index (χ0n) is 15.0.